The van der Waals surface area contributed by atoms with E-state index in [0.717, 1.165) is 6.42 Å². The number of aliphatic carboxylic acids is 1. The first kappa shape index (κ1) is 15.9. The van der Waals surface area contributed by atoms with Crippen molar-refractivity contribution >= 4 is 17.7 Å². The maximum Gasteiger partial charge on any atom is 0.319 e. The van der Waals surface area contributed by atoms with Gasteiger partial charge >= 0.3 is 12.0 Å². The summed E-state index contributed by atoms with van der Waals surface area (Å²) < 4.78 is 0. The quantitative estimate of drug-likeness (QED) is 0.705. The first-order valence-corrected chi connectivity index (χ1v) is 6.49. The number of carboxylic acids is 1. The normalized spacial score (nSPS) is 11.9. The Kier molecular flexibility index (Phi) is 6.42. The van der Waals surface area contributed by atoms with Crippen LogP contribution in [0.3, 0.4) is 0 Å². The molecule has 0 saturated heterocycles. The lowest BCUT2D eigenvalue weighted by atomic mass is 9.94. The summed E-state index contributed by atoms with van der Waals surface area (Å²) in [5.74, 6) is -0.550. The van der Waals surface area contributed by atoms with Crippen LogP contribution in [0.25, 0.3) is 0 Å². The van der Waals surface area contributed by atoms with Crippen molar-refractivity contribution in [2.75, 3.05) is 11.9 Å². The molecule has 1 aromatic rings. The fourth-order valence-corrected chi connectivity index (χ4v) is 1.93. The van der Waals surface area contributed by atoms with Gasteiger partial charge in [0.25, 0.3) is 0 Å². The number of nitrogens with zero attached hydrogens (tertiary/aromatic N) is 2. The Morgan fingerprint density at radius 3 is 2.50 bits per heavy atom. The molecule has 0 radical (unpaired) electrons. The molecular formula is C13H20N4O3. The largest absolute Gasteiger partial charge is 0.481 e. The highest BCUT2D eigenvalue weighted by molar-refractivity contribution is 5.88. The number of hydrogen-bond acceptors (Lipinski definition) is 4. The Morgan fingerprint density at radius 1 is 1.30 bits per heavy atom. The van der Waals surface area contributed by atoms with E-state index in [1.165, 1.54) is 18.7 Å². The third kappa shape index (κ3) is 6.67. The second kappa shape index (κ2) is 8.08. The number of carbonyl (C=O) groups is 2. The van der Waals surface area contributed by atoms with E-state index in [0.29, 0.717) is 18.2 Å². The number of rotatable bonds is 7. The van der Waals surface area contributed by atoms with Crippen molar-refractivity contribution in [1.82, 2.24) is 15.3 Å². The zero-order valence-electron chi connectivity index (χ0n) is 11.7. The minimum atomic E-state index is -0.852. The van der Waals surface area contributed by atoms with Crippen LogP contribution in [0.4, 0.5) is 10.5 Å². The number of amides is 2. The standard InChI is InChI=1S/C13H20N4O3/c1-9(2)3-10(4-12(18)19)5-16-13(20)17-11-6-14-8-15-7-11/h6-10H,3-5H2,1-2H3,(H,18,19)(H2,16,17,20)/t10-/m0/s1. The van der Waals surface area contributed by atoms with Gasteiger partial charge in [-0.1, -0.05) is 13.8 Å². The van der Waals surface area contributed by atoms with Gasteiger partial charge in [-0.25, -0.2) is 14.8 Å². The lowest BCUT2D eigenvalue weighted by Crippen LogP contribution is -2.34. The summed E-state index contributed by atoms with van der Waals surface area (Å²) in [5, 5.41) is 14.1. The number of urea groups is 1. The van der Waals surface area contributed by atoms with Gasteiger partial charge in [0.2, 0.25) is 0 Å². The molecule has 1 aromatic heterocycles. The third-order valence-corrected chi connectivity index (χ3v) is 2.64. The molecule has 1 atom stereocenters. The molecule has 1 heterocycles. The Labute approximate surface area is 117 Å². The van der Waals surface area contributed by atoms with Gasteiger partial charge in [0.15, 0.2) is 0 Å². The van der Waals surface area contributed by atoms with Crippen LogP contribution in [-0.2, 0) is 4.79 Å². The van der Waals surface area contributed by atoms with Gasteiger partial charge in [0.1, 0.15) is 6.33 Å². The van der Waals surface area contributed by atoms with Crippen LogP contribution < -0.4 is 10.6 Å². The molecule has 0 spiro atoms. The zero-order chi connectivity index (χ0) is 15.0. The molecule has 7 nitrogen and oxygen atoms in total. The van der Waals surface area contributed by atoms with Gasteiger partial charge < -0.3 is 15.7 Å². The van der Waals surface area contributed by atoms with Crippen molar-refractivity contribution in [2.24, 2.45) is 11.8 Å². The van der Waals surface area contributed by atoms with E-state index in [4.69, 9.17) is 5.11 Å². The van der Waals surface area contributed by atoms with Crippen molar-refractivity contribution in [3.8, 4) is 0 Å². The average Bonchev–Trinajstić information content (AvgIpc) is 2.36. The van der Waals surface area contributed by atoms with Crippen LogP contribution in [0, 0.1) is 11.8 Å². The van der Waals surface area contributed by atoms with Gasteiger partial charge in [-0.2, -0.15) is 0 Å². The van der Waals surface area contributed by atoms with Gasteiger partial charge in [-0.05, 0) is 18.3 Å². The SMILES string of the molecule is CC(C)C[C@H](CNC(=O)Nc1cncnc1)CC(=O)O. The van der Waals surface area contributed by atoms with Crippen molar-refractivity contribution in [3.63, 3.8) is 0 Å². The van der Waals surface area contributed by atoms with Crippen molar-refractivity contribution < 1.29 is 14.7 Å². The molecule has 0 bridgehead atoms. The van der Waals surface area contributed by atoms with Crippen molar-refractivity contribution in [1.29, 1.82) is 0 Å². The second-order valence-electron chi connectivity index (χ2n) is 5.06. The second-order valence-corrected chi connectivity index (χ2v) is 5.06. The lowest BCUT2D eigenvalue weighted by Gasteiger charge is -2.17. The molecule has 0 aliphatic carbocycles. The molecule has 110 valence electrons. The predicted octanol–water partition coefficient (Wildman–Crippen LogP) is 1.74. The van der Waals surface area contributed by atoms with Gasteiger partial charge in [-0.15, -0.1) is 0 Å². The van der Waals surface area contributed by atoms with Crippen LogP contribution in [-0.4, -0.2) is 33.6 Å². The number of hydrogen-bond donors (Lipinski definition) is 3. The van der Waals surface area contributed by atoms with Crippen molar-refractivity contribution in [3.05, 3.63) is 18.7 Å². The number of carbonyl (C=O) groups excluding carboxylic acids is 1. The Hall–Kier alpha value is -2.18. The van der Waals surface area contributed by atoms with E-state index in [1.807, 2.05) is 13.8 Å². The molecule has 2 amide bonds. The van der Waals surface area contributed by atoms with Gasteiger partial charge in [0, 0.05) is 13.0 Å². The third-order valence-electron chi connectivity index (χ3n) is 2.64. The summed E-state index contributed by atoms with van der Waals surface area (Å²) in [4.78, 5) is 30.0. The first-order valence-electron chi connectivity index (χ1n) is 6.49. The summed E-state index contributed by atoms with van der Waals surface area (Å²) >= 11 is 0. The molecule has 20 heavy (non-hydrogen) atoms. The highest BCUT2D eigenvalue weighted by Gasteiger charge is 2.16. The van der Waals surface area contributed by atoms with Crippen LogP contribution >= 0.6 is 0 Å². The summed E-state index contributed by atoms with van der Waals surface area (Å²) in [5.41, 5.74) is 0.489. The molecule has 0 aliphatic rings. The molecule has 0 aromatic carbocycles. The first-order chi connectivity index (χ1) is 9.47. The van der Waals surface area contributed by atoms with Crippen LogP contribution in [0.15, 0.2) is 18.7 Å². The minimum absolute atomic E-state index is 0.0485. The Morgan fingerprint density at radius 2 is 1.95 bits per heavy atom. The smallest absolute Gasteiger partial charge is 0.319 e. The van der Waals surface area contributed by atoms with E-state index >= 15 is 0 Å². The summed E-state index contributed by atoms with van der Waals surface area (Å²) in [6.07, 6.45) is 5.13. The molecule has 0 unspecified atom stereocenters. The van der Waals surface area contributed by atoms with E-state index in [2.05, 4.69) is 20.6 Å². The molecule has 0 saturated carbocycles. The number of carboxylic acid groups (broad SMARTS) is 1. The highest BCUT2D eigenvalue weighted by atomic mass is 16.4. The molecular weight excluding hydrogens is 260 g/mol. The molecule has 1 rings (SSSR count). The molecule has 0 aliphatic heterocycles. The summed E-state index contributed by atoms with van der Waals surface area (Å²) in [7, 11) is 0. The Bertz CT molecular complexity index is 437. The van der Waals surface area contributed by atoms with Crippen LogP contribution in [0.2, 0.25) is 0 Å². The summed E-state index contributed by atoms with van der Waals surface area (Å²) in [6, 6.07) is -0.390. The molecule has 3 N–H and O–H groups in total. The fourth-order valence-electron chi connectivity index (χ4n) is 1.93. The molecule has 0 fully saturated rings. The topological polar surface area (TPSA) is 104 Å². The number of anilines is 1. The van der Waals surface area contributed by atoms with Gasteiger partial charge in [0.05, 0.1) is 18.1 Å². The zero-order valence-corrected chi connectivity index (χ0v) is 11.7. The lowest BCUT2D eigenvalue weighted by molar-refractivity contribution is -0.138. The number of nitrogens with one attached hydrogen (secondary N) is 2. The predicted molar refractivity (Wildman–Crippen MR) is 74.3 cm³/mol. The average molecular weight is 280 g/mol. The fraction of sp³-hybridized carbons (Fsp3) is 0.538. The highest BCUT2D eigenvalue weighted by Crippen LogP contribution is 2.14. The Balaban J connectivity index is 2.41. The van der Waals surface area contributed by atoms with E-state index in [-0.39, 0.29) is 18.4 Å². The van der Waals surface area contributed by atoms with Gasteiger partial charge in [-0.3, -0.25) is 4.79 Å². The summed E-state index contributed by atoms with van der Waals surface area (Å²) in [6.45, 7) is 4.37. The van der Waals surface area contributed by atoms with E-state index in [1.54, 1.807) is 0 Å². The van der Waals surface area contributed by atoms with E-state index < -0.39 is 5.97 Å². The van der Waals surface area contributed by atoms with Crippen molar-refractivity contribution in [2.45, 2.75) is 26.7 Å². The number of aromatic nitrogens is 2. The van der Waals surface area contributed by atoms with Crippen LogP contribution in [0.5, 0.6) is 0 Å². The minimum Gasteiger partial charge on any atom is -0.481 e. The monoisotopic (exact) mass is 280 g/mol. The maximum absolute atomic E-state index is 11.7. The maximum atomic E-state index is 11.7. The molecule has 7 heteroatoms. The van der Waals surface area contributed by atoms with E-state index in [9.17, 15) is 9.59 Å². The van der Waals surface area contributed by atoms with Crippen LogP contribution in [0.1, 0.15) is 26.7 Å².